The van der Waals surface area contributed by atoms with Crippen LogP contribution in [0, 0.1) is 5.92 Å². The lowest BCUT2D eigenvalue weighted by Crippen LogP contribution is -2.44. The largest absolute Gasteiger partial charge is 0.393 e. The van der Waals surface area contributed by atoms with Gasteiger partial charge in [-0.05, 0) is 31.6 Å². The first kappa shape index (κ1) is 15.2. The number of nitrogens with zero attached hydrogens (tertiary/aromatic N) is 1. The molecule has 2 aliphatic rings. The number of rotatable bonds is 4. The molecule has 0 aromatic carbocycles. The molecule has 1 saturated heterocycles. The molecule has 0 bridgehead atoms. The molecule has 1 saturated carbocycles. The lowest BCUT2D eigenvalue weighted by Gasteiger charge is -2.29. The molecule has 0 aromatic heterocycles. The molecule has 2 atom stereocenters. The Hall–Kier alpha value is -0.170. The van der Waals surface area contributed by atoms with Gasteiger partial charge in [0.15, 0.2) is 0 Å². The zero-order valence-electron chi connectivity index (χ0n) is 11.6. The van der Waals surface area contributed by atoms with E-state index < -0.39 is 10.2 Å². The van der Waals surface area contributed by atoms with Crippen molar-refractivity contribution in [2.24, 2.45) is 5.92 Å². The summed E-state index contributed by atoms with van der Waals surface area (Å²) in [5, 5.41) is 9.87. The van der Waals surface area contributed by atoms with Crippen molar-refractivity contribution in [3.05, 3.63) is 0 Å². The van der Waals surface area contributed by atoms with Gasteiger partial charge in [0.1, 0.15) is 0 Å². The molecule has 0 radical (unpaired) electrons. The topological polar surface area (TPSA) is 69.6 Å². The van der Waals surface area contributed by atoms with Gasteiger partial charge in [-0.15, -0.1) is 0 Å². The molecule has 0 amide bonds. The van der Waals surface area contributed by atoms with E-state index in [-0.39, 0.29) is 12.0 Å². The highest BCUT2D eigenvalue weighted by atomic mass is 32.2. The second kappa shape index (κ2) is 7.02. The standard InChI is InChI=1S/C13H26N2O3S/c16-13-8-4-3-7-12(13)11-14-19(17,18)15-9-5-1-2-6-10-15/h12-14,16H,1-11H2. The fraction of sp³-hybridized carbons (Fsp3) is 1.00. The van der Waals surface area contributed by atoms with Crippen LogP contribution in [0.3, 0.4) is 0 Å². The predicted molar refractivity (Wildman–Crippen MR) is 74.9 cm³/mol. The van der Waals surface area contributed by atoms with Gasteiger partial charge < -0.3 is 5.11 Å². The molecule has 2 unspecified atom stereocenters. The summed E-state index contributed by atoms with van der Waals surface area (Å²) in [6, 6.07) is 0. The monoisotopic (exact) mass is 290 g/mol. The van der Waals surface area contributed by atoms with E-state index in [1.807, 2.05) is 0 Å². The van der Waals surface area contributed by atoms with E-state index in [9.17, 15) is 13.5 Å². The molecular formula is C13H26N2O3S. The van der Waals surface area contributed by atoms with Gasteiger partial charge in [-0.3, -0.25) is 0 Å². The normalized spacial score (nSPS) is 31.0. The van der Waals surface area contributed by atoms with Crippen LogP contribution in [0.15, 0.2) is 0 Å². The molecular weight excluding hydrogens is 264 g/mol. The van der Waals surface area contributed by atoms with Crippen LogP contribution in [-0.2, 0) is 10.2 Å². The van der Waals surface area contributed by atoms with Crippen LogP contribution in [0.4, 0.5) is 0 Å². The van der Waals surface area contributed by atoms with Gasteiger partial charge in [0.25, 0.3) is 10.2 Å². The third kappa shape index (κ3) is 4.41. The van der Waals surface area contributed by atoms with Crippen molar-refractivity contribution in [2.45, 2.75) is 57.5 Å². The second-order valence-corrected chi connectivity index (χ2v) is 7.53. The second-order valence-electron chi connectivity index (χ2n) is 5.78. The lowest BCUT2D eigenvalue weighted by atomic mass is 9.87. The summed E-state index contributed by atoms with van der Waals surface area (Å²) < 4.78 is 28.7. The van der Waals surface area contributed by atoms with Crippen molar-refractivity contribution >= 4 is 10.2 Å². The maximum absolute atomic E-state index is 12.2. The summed E-state index contributed by atoms with van der Waals surface area (Å²) in [7, 11) is -3.36. The number of aliphatic hydroxyl groups is 1. The van der Waals surface area contributed by atoms with E-state index in [0.29, 0.717) is 19.6 Å². The Morgan fingerprint density at radius 2 is 1.63 bits per heavy atom. The Morgan fingerprint density at radius 3 is 2.26 bits per heavy atom. The van der Waals surface area contributed by atoms with E-state index in [0.717, 1.165) is 51.4 Å². The fourth-order valence-electron chi connectivity index (χ4n) is 3.01. The van der Waals surface area contributed by atoms with Crippen molar-refractivity contribution < 1.29 is 13.5 Å². The summed E-state index contributed by atoms with van der Waals surface area (Å²) in [6.45, 7) is 1.63. The highest BCUT2D eigenvalue weighted by Gasteiger charge is 2.27. The predicted octanol–water partition coefficient (Wildman–Crippen LogP) is 1.25. The summed E-state index contributed by atoms with van der Waals surface area (Å²) >= 11 is 0. The first-order valence-electron chi connectivity index (χ1n) is 7.52. The van der Waals surface area contributed by atoms with Gasteiger partial charge >= 0.3 is 0 Å². The highest BCUT2D eigenvalue weighted by Crippen LogP contribution is 2.24. The molecule has 6 heteroatoms. The van der Waals surface area contributed by atoms with Crippen LogP contribution in [0.5, 0.6) is 0 Å². The molecule has 0 spiro atoms. The molecule has 0 aromatic rings. The van der Waals surface area contributed by atoms with Crippen molar-refractivity contribution in [2.75, 3.05) is 19.6 Å². The van der Waals surface area contributed by atoms with Crippen LogP contribution >= 0.6 is 0 Å². The minimum atomic E-state index is -3.36. The van der Waals surface area contributed by atoms with Crippen LogP contribution < -0.4 is 4.72 Å². The summed E-state index contributed by atoms with van der Waals surface area (Å²) in [4.78, 5) is 0. The van der Waals surface area contributed by atoms with Gasteiger partial charge in [-0.1, -0.05) is 25.7 Å². The first-order chi connectivity index (χ1) is 9.09. The van der Waals surface area contributed by atoms with Crippen molar-refractivity contribution in [3.8, 4) is 0 Å². The van der Waals surface area contributed by atoms with Gasteiger partial charge in [0.2, 0.25) is 0 Å². The smallest absolute Gasteiger partial charge is 0.279 e. The van der Waals surface area contributed by atoms with Gasteiger partial charge in [-0.25, -0.2) is 4.72 Å². The van der Waals surface area contributed by atoms with Gasteiger partial charge in [-0.2, -0.15) is 12.7 Å². The number of nitrogens with one attached hydrogen (secondary N) is 1. The molecule has 1 aliphatic carbocycles. The van der Waals surface area contributed by atoms with Crippen LogP contribution in [0.25, 0.3) is 0 Å². The van der Waals surface area contributed by atoms with E-state index >= 15 is 0 Å². The minimum Gasteiger partial charge on any atom is -0.393 e. The van der Waals surface area contributed by atoms with Crippen molar-refractivity contribution in [1.82, 2.24) is 9.03 Å². The average Bonchev–Trinajstić information content (AvgIpc) is 2.67. The van der Waals surface area contributed by atoms with Crippen molar-refractivity contribution in [1.29, 1.82) is 0 Å². The summed E-state index contributed by atoms with van der Waals surface area (Å²) in [5.74, 6) is 0.0792. The molecule has 5 nitrogen and oxygen atoms in total. The molecule has 19 heavy (non-hydrogen) atoms. The third-order valence-electron chi connectivity index (χ3n) is 4.30. The lowest BCUT2D eigenvalue weighted by molar-refractivity contribution is 0.0722. The van der Waals surface area contributed by atoms with E-state index in [4.69, 9.17) is 0 Å². The van der Waals surface area contributed by atoms with E-state index in [1.165, 1.54) is 0 Å². The molecule has 2 rings (SSSR count). The Kier molecular flexibility index (Phi) is 5.62. The Bertz CT molecular complexity index is 364. The Morgan fingerprint density at radius 1 is 1.00 bits per heavy atom. The number of hydrogen-bond acceptors (Lipinski definition) is 3. The maximum atomic E-state index is 12.2. The Labute approximate surface area is 116 Å². The quantitative estimate of drug-likeness (QED) is 0.818. The third-order valence-corrected chi connectivity index (χ3v) is 5.88. The highest BCUT2D eigenvalue weighted by molar-refractivity contribution is 7.87. The van der Waals surface area contributed by atoms with Crippen molar-refractivity contribution in [3.63, 3.8) is 0 Å². The number of hydrogen-bond donors (Lipinski definition) is 2. The molecule has 2 fully saturated rings. The van der Waals surface area contributed by atoms with Crippen LogP contribution in [-0.4, -0.2) is 43.6 Å². The summed E-state index contributed by atoms with van der Waals surface area (Å²) in [5.41, 5.74) is 0. The molecule has 1 heterocycles. The minimum absolute atomic E-state index is 0.0792. The van der Waals surface area contributed by atoms with Crippen LogP contribution in [0.2, 0.25) is 0 Å². The molecule has 112 valence electrons. The van der Waals surface area contributed by atoms with E-state index in [2.05, 4.69) is 4.72 Å². The zero-order chi connectivity index (χ0) is 13.7. The first-order valence-corrected chi connectivity index (χ1v) is 8.96. The van der Waals surface area contributed by atoms with Gasteiger partial charge in [0.05, 0.1) is 6.10 Å². The summed E-state index contributed by atoms with van der Waals surface area (Å²) in [6.07, 6.45) is 7.66. The maximum Gasteiger partial charge on any atom is 0.279 e. The molecule has 2 N–H and O–H groups in total. The Balaban J connectivity index is 1.85. The van der Waals surface area contributed by atoms with Crippen LogP contribution in [0.1, 0.15) is 51.4 Å². The SMILES string of the molecule is O=S(=O)(NCC1CCCCC1O)N1CCCCCC1. The number of aliphatic hydroxyl groups excluding tert-OH is 1. The average molecular weight is 290 g/mol. The fourth-order valence-corrected chi connectivity index (χ4v) is 4.36. The van der Waals surface area contributed by atoms with Gasteiger partial charge in [0, 0.05) is 19.6 Å². The molecule has 1 aliphatic heterocycles. The van der Waals surface area contributed by atoms with E-state index in [1.54, 1.807) is 4.31 Å². The zero-order valence-corrected chi connectivity index (χ0v) is 12.4.